The van der Waals surface area contributed by atoms with Gasteiger partial charge in [0.05, 0.1) is 17.2 Å². The van der Waals surface area contributed by atoms with Gasteiger partial charge in [-0.05, 0) is 93.1 Å². The number of Topliss-reactive ketones (excluding diaryl/α,β-unsaturated/α-hetero) is 1. The number of allylic oxidation sites excluding steroid dienone is 2. The second-order valence-corrected chi connectivity index (χ2v) is 10.8. The highest BCUT2D eigenvalue weighted by Crippen LogP contribution is 2.63. The lowest BCUT2D eigenvalue weighted by atomic mass is 9.44. The third-order valence-electron chi connectivity index (χ3n) is 9.41. The Morgan fingerprint density at radius 1 is 1.13 bits per heavy atom. The van der Waals surface area contributed by atoms with Gasteiger partial charge in [-0.15, -0.1) is 0 Å². The number of anilines is 1. The molecule has 166 valence electrons. The second-order valence-electron chi connectivity index (χ2n) is 10.8. The maximum atomic E-state index is 13.0. The molecule has 31 heavy (non-hydrogen) atoms. The van der Waals surface area contributed by atoms with Gasteiger partial charge >= 0.3 is 5.97 Å². The summed E-state index contributed by atoms with van der Waals surface area (Å²) in [6.07, 6.45) is 8.04. The van der Waals surface area contributed by atoms with E-state index in [1.54, 1.807) is 0 Å². The Bertz CT molecular complexity index is 954. The summed E-state index contributed by atoms with van der Waals surface area (Å²) >= 11 is 0. The Kier molecular flexibility index (Phi) is 4.81. The van der Waals surface area contributed by atoms with Crippen LogP contribution in [0.1, 0.15) is 69.2 Å². The minimum Gasteiger partial charge on any atom is -0.481 e. The highest BCUT2D eigenvalue weighted by molar-refractivity contribution is 6.18. The number of carbonyl (C=O) groups is 2. The first-order valence-electron chi connectivity index (χ1n) is 11.8. The van der Waals surface area contributed by atoms with Crippen molar-refractivity contribution in [3.05, 3.63) is 41.6 Å². The number of hydrogen-bond donors (Lipinski definition) is 3. The van der Waals surface area contributed by atoms with E-state index in [-0.39, 0.29) is 29.1 Å². The van der Waals surface area contributed by atoms with E-state index < -0.39 is 11.4 Å². The van der Waals surface area contributed by atoms with Crippen LogP contribution in [0.2, 0.25) is 0 Å². The van der Waals surface area contributed by atoms with Crippen LogP contribution >= 0.6 is 0 Å². The molecule has 4 aliphatic rings. The minimum atomic E-state index is -0.873. The zero-order chi connectivity index (χ0) is 22.0. The Balaban J connectivity index is 1.52. The summed E-state index contributed by atoms with van der Waals surface area (Å²) in [4.78, 5) is 25.5. The summed E-state index contributed by atoms with van der Waals surface area (Å²) in [5, 5.41) is 23.7. The zero-order valence-corrected chi connectivity index (χ0v) is 18.4. The molecule has 5 rings (SSSR count). The van der Waals surface area contributed by atoms with Crippen LogP contribution in [0.15, 0.2) is 36.0 Å². The van der Waals surface area contributed by atoms with E-state index in [2.05, 4.69) is 12.2 Å². The topological polar surface area (TPSA) is 86.6 Å². The Hall–Kier alpha value is -2.14. The third-order valence-corrected chi connectivity index (χ3v) is 9.41. The number of carbonyl (C=O) groups excluding carboxylic acids is 1. The smallest absolute Gasteiger partial charge is 0.309 e. The molecule has 0 radical (unpaired) electrons. The largest absolute Gasteiger partial charge is 0.481 e. The number of aliphatic carboxylic acids is 1. The molecule has 1 aromatic rings. The number of fused-ring (bicyclic) bond motifs is 4. The number of carboxylic acid groups (broad SMARTS) is 1. The van der Waals surface area contributed by atoms with Gasteiger partial charge in [-0.3, -0.25) is 9.59 Å². The van der Waals surface area contributed by atoms with Crippen molar-refractivity contribution in [3.63, 3.8) is 0 Å². The van der Waals surface area contributed by atoms with Gasteiger partial charge in [0.15, 0.2) is 0 Å². The maximum absolute atomic E-state index is 13.0. The Morgan fingerprint density at radius 3 is 2.65 bits per heavy atom. The zero-order valence-electron chi connectivity index (χ0n) is 18.4. The standard InChI is InChI=1S/C26H33NO4/c1-25-11-9-16(28)13-15(25)7-8-17-19(25)10-12-26(2,24(30)31)20(17)14-22-23(29)18-5-3-4-6-21(18)27-22/h3-6,14-17,19-20,27-28H,7-13H2,1-2H3,(H,30,31)/b22-14+/t15-,16+,17+,19-,20+,25-,26-/m0/s1. The summed E-state index contributed by atoms with van der Waals surface area (Å²) < 4.78 is 0. The lowest BCUT2D eigenvalue weighted by molar-refractivity contribution is -0.164. The lowest BCUT2D eigenvalue weighted by Crippen LogP contribution is -2.55. The van der Waals surface area contributed by atoms with Crippen LogP contribution in [0.25, 0.3) is 0 Å². The monoisotopic (exact) mass is 423 g/mol. The van der Waals surface area contributed by atoms with Gasteiger partial charge < -0.3 is 15.5 Å². The van der Waals surface area contributed by atoms with E-state index in [0.29, 0.717) is 29.5 Å². The van der Waals surface area contributed by atoms with Gasteiger partial charge in [0.2, 0.25) is 5.78 Å². The summed E-state index contributed by atoms with van der Waals surface area (Å²) in [6.45, 7) is 4.25. The van der Waals surface area contributed by atoms with E-state index >= 15 is 0 Å². The van der Waals surface area contributed by atoms with Crippen LogP contribution < -0.4 is 5.32 Å². The van der Waals surface area contributed by atoms with Crippen molar-refractivity contribution in [1.29, 1.82) is 0 Å². The van der Waals surface area contributed by atoms with Gasteiger partial charge in [-0.1, -0.05) is 25.1 Å². The highest BCUT2D eigenvalue weighted by atomic mass is 16.4. The second kappa shape index (κ2) is 7.19. The van der Waals surface area contributed by atoms with Crippen LogP contribution in [0, 0.1) is 34.5 Å². The molecule has 7 atom stereocenters. The first-order chi connectivity index (χ1) is 14.7. The molecule has 1 aliphatic heterocycles. The lowest BCUT2D eigenvalue weighted by Gasteiger charge is -2.60. The molecule has 0 spiro atoms. The fourth-order valence-corrected chi connectivity index (χ4v) is 7.48. The number of aliphatic hydroxyl groups is 1. The van der Waals surface area contributed by atoms with Crippen molar-refractivity contribution in [2.75, 3.05) is 5.32 Å². The number of carboxylic acids is 1. The molecule has 3 saturated carbocycles. The fraction of sp³-hybridized carbons (Fsp3) is 0.615. The van der Waals surface area contributed by atoms with Crippen LogP contribution in [-0.4, -0.2) is 28.1 Å². The van der Waals surface area contributed by atoms with Crippen LogP contribution in [-0.2, 0) is 4.79 Å². The van der Waals surface area contributed by atoms with Gasteiger partial charge in [0, 0.05) is 11.3 Å². The van der Waals surface area contributed by atoms with Crippen LogP contribution in [0.4, 0.5) is 5.69 Å². The average molecular weight is 424 g/mol. The van der Waals surface area contributed by atoms with E-state index in [0.717, 1.165) is 44.2 Å². The maximum Gasteiger partial charge on any atom is 0.309 e. The number of ketones is 1. The molecule has 1 aromatic carbocycles. The van der Waals surface area contributed by atoms with Crippen molar-refractivity contribution in [3.8, 4) is 0 Å². The van der Waals surface area contributed by atoms with E-state index in [1.807, 2.05) is 37.3 Å². The molecule has 5 nitrogen and oxygen atoms in total. The van der Waals surface area contributed by atoms with Crippen molar-refractivity contribution < 1.29 is 19.8 Å². The van der Waals surface area contributed by atoms with Gasteiger partial charge in [-0.2, -0.15) is 0 Å². The van der Waals surface area contributed by atoms with Gasteiger partial charge in [0.25, 0.3) is 0 Å². The molecule has 3 aliphatic carbocycles. The molecular weight excluding hydrogens is 390 g/mol. The number of nitrogens with one attached hydrogen (secondary N) is 1. The number of hydrogen-bond acceptors (Lipinski definition) is 4. The molecule has 5 heteroatoms. The van der Waals surface area contributed by atoms with Crippen LogP contribution in [0.5, 0.6) is 0 Å². The number of aliphatic hydroxyl groups excluding tert-OH is 1. The van der Waals surface area contributed by atoms with Gasteiger partial charge in [0.1, 0.15) is 0 Å². The SMILES string of the molecule is C[C@]12CC[C@@H](O)C[C@@H]1CC[C@H]1[C@@H](/C=C3/Nc4ccccc4C3=O)[C@@](C)(C(=O)O)CC[C@@H]12. The molecular formula is C26H33NO4. The van der Waals surface area contributed by atoms with Crippen LogP contribution in [0.3, 0.4) is 0 Å². The quantitative estimate of drug-likeness (QED) is 0.591. The number of rotatable bonds is 2. The Labute approximate surface area is 183 Å². The first kappa shape index (κ1) is 20.7. The molecule has 0 aromatic heterocycles. The fourth-order valence-electron chi connectivity index (χ4n) is 7.48. The highest BCUT2D eigenvalue weighted by Gasteiger charge is 2.58. The summed E-state index contributed by atoms with van der Waals surface area (Å²) in [7, 11) is 0. The summed E-state index contributed by atoms with van der Waals surface area (Å²) in [5.74, 6) is 0.210. The van der Waals surface area contributed by atoms with E-state index in [9.17, 15) is 19.8 Å². The summed E-state index contributed by atoms with van der Waals surface area (Å²) in [5.41, 5.74) is 1.28. The van der Waals surface area contributed by atoms with Crippen molar-refractivity contribution in [2.45, 2.75) is 64.9 Å². The van der Waals surface area contributed by atoms with Crippen molar-refractivity contribution in [2.24, 2.45) is 34.5 Å². The van der Waals surface area contributed by atoms with E-state index in [4.69, 9.17) is 0 Å². The third kappa shape index (κ3) is 3.07. The first-order valence-corrected chi connectivity index (χ1v) is 11.8. The van der Waals surface area contributed by atoms with Crippen molar-refractivity contribution >= 4 is 17.4 Å². The predicted octanol–water partition coefficient (Wildman–Crippen LogP) is 4.87. The van der Waals surface area contributed by atoms with Gasteiger partial charge in [-0.25, -0.2) is 0 Å². The molecule has 0 saturated heterocycles. The molecule has 1 heterocycles. The minimum absolute atomic E-state index is 0.0360. The van der Waals surface area contributed by atoms with Crippen molar-refractivity contribution in [1.82, 2.24) is 0 Å². The predicted molar refractivity (Wildman–Crippen MR) is 119 cm³/mol. The van der Waals surface area contributed by atoms with E-state index in [1.165, 1.54) is 0 Å². The summed E-state index contributed by atoms with van der Waals surface area (Å²) in [6, 6.07) is 7.48. The molecule has 3 N–H and O–H groups in total. The molecule has 0 unspecified atom stereocenters. The number of benzene rings is 1. The average Bonchev–Trinajstić information content (AvgIpc) is 3.06. The molecule has 0 amide bonds. The Morgan fingerprint density at radius 2 is 1.90 bits per heavy atom. The number of para-hydroxylation sites is 1. The molecule has 3 fully saturated rings. The molecule has 0 bridgehead atoms. The normalized spacial score (nSPS) is 43.0.